The van der Waals surface area contributed by atoms with Crippen molar-refractivity contribution in [2.75, 3.05) is 99.2 Å². The third-order valence-electron chi connectivity index (χ3n) is 3.68. The van der Waals surface area contributed by atoms with Gasteiger partial charge in [-0.25, -0.2) is 0 Å². The molecule has 0 aromatic heterocycles. The summed E-state index contributed by atoms with van der Waals surface area (Å²) in [5.41, 5.74) is 0. The molecule has 0 spiro atoms. The third-order valence-corrected chi connectivity index (χ3v) is 20.3. The van der Waals surface area contributed by atoms with Crippen LogP contribution in [0, 0.1) is 0 Å². The van der Waals surface area contributed by atoms with Gasteiger partial charge in [0.1, 0.15) is 0 Å². The van der Waals surface area contributed by atoms with E-state index in [0.29, 0.717) is 33.8 Å². The van der Waals surface area contributed by atoms with E-state index >= 15 is 0 Å². The molecule has 0 heterocycles. The maximum atomic E-state index is 12.1. The molecule has 242 valence electrons. The molecule has 0 radical (unpaired) electrons. The highest BCUT2D eigenvalue weighted by atomic mass is 32.2. The van der Waals surface area contributed by atoms with Gasteiger partial charge >= 0.3 is 0 Å². The second-order valence-corrected chi connectivity index (χ2v) is 24.4. The zero-order chi connectivity index (χ0) is 30.2. The summed E-state index contributed by atoms with van der Waals surface area (Å²) in [6.45, 7) is 0. The molecule has 0 aliphatic carbocycles. The molecule has 0 saturated carbocycles. The molecule has 0 aromatic rings. The molecule has 1 atom stereocenters. The fourth-order valence-electron chi connectivity index (χ4n) is 1.95. The Labute approximate surface area is 303 Å². The van der Waals surface area contributed by atoms with Gasteiger partial charge in [0, 0.05) is 80.9 Å². The van der Waals surface area contributed by atoms with Crippen molar-refractivity contribution in [3.63, 3.8) is 0 Å². The standard InChI is InChI=1S/C21H38O6S14/c22-10-34-15-36-17-39-20(25)8-31-13-30-4-6-41(27)5-3-29-12-28-1-2-38-19(24)7-32-14-33-9-21(26)40-18-37-16-35-11-23/h22-23H,1-18H2. The van der Waals surface area contributed by atoms with Gasteiger partial charge in [-0.3, -0.25) is 18.6 Å². The summed E-state index contributed by atoms with van der Waals surface area (Å²) in [4.78, 5) is 35.5. The molecule has 0 bridgehead atoms. The van der Waals surface area contributed by atoms with E-state index in [0.717, 1.165) is 53.5 Å². The van der Waals surface area contributed by atoms with Crippen LogP contribution in [0.3, 0.4) is 0 Å². The molecule has 0 aliphatic rings. The van der Waals surface area contributed by atoms with Crippen LogP contribution in [0.25, 0.3) is 0 Å². The van der Waals surface area contributed by atoms with E-state index in [4.69, 9.17) is 10.2 Å². The molecule has 6 nitrogen and oxygen atoms in total. The van der Waals surface area contributed by atoms with Crippen LogP contribution in [-0.4, -0.2) is 129 Å². The first kappa shape index (κ1) is 44.6. The molecule has 20 heteroatoms. The molecule has 1 unspecified atom stereocenters. The van der Waals surface area contributed by atoms with Crippen molar-refractivity contribution in [2.24, 2.45) is 0 Å². The van der Waals surface area contributed by atoms with Crippen molar-refractivity contribution < 1.29 is 28.8 Å². The summed E-state index contributed by atoms with van der Waals surface area (Å²) in [5, 5.41) is 23.5. The van der Waals surface area contributed by atoms with Gasteiger partial charge in [0.25, 0.3) is 0 Å². The second kappa shape index (κ2) is 36.5. The highest BCUT2D eigenvalue weighted by Gasteiger charge is 2.07. The van der Waals surface area contributed by atoms with Gasteiger partial charge in [-0.05, 0) is 0 Å². The van der Waals surface area contributed by atoms with Gasteiger partial charge in [0.2, 0.25) is 0 Å². The molecular weight excluding hydrogens is 797 g/mol. The van der Waals surface area contributed by atoms with E-state index in [1.54, 1.807) is 94.1 Å². The van der Waals surface area contributed by atoms with Gasteiger partial charge in [-0.1, -0.05) is 35.3 Å². The lowest BCUT2D eigenvalue weighted by atomic mass is 10.9. The first-order valence-electron chi connectivity index (χ1n) is 11.8. The Morgan fingerprint density at radius 2 is 0.829 bits per heavy atom. The summed E-state index contributed by atoms with van der Waals surface area (Å²) in [6, 6.07) is 0. The summed E-state index contributed by atoms with van der Waals surface area (Å²) < 4.78 is 12.1. The lowest BCUT2D eigenvalue weighted by Gasteiger charge is -2.04. The van der Waals surface area contributed by atoms with Crippen molar-refractivity contribution in [3.05, 3.63) is 0 Å². The number of aliphatic hydroxyl groups is 2. The summed E-state index contributed by atoms with van der Waals surface area (Å²) in [5.74, 6) is 6.50. The lowest BCUT2D eigenvalue weighted by Crippen LogP contribution is -2.07. The molecule has 0 rings (SSSR count). The van der Waals surface area contributed by atoms with Gasteiger partial charge in [0.05, 0.1) is 29.1 Å². The number of carbonyl (C=O) groups is 3. The predicted octanol–water partition coefficient (Wildman–Crippen LogP) is 6.45. The average molecular weight is 835 g/mol. The van der Waals surface area contributed by atoms with Crippen LogP contribution in [-0.2, 0) is 25.2 Å². The third kappa shape index (κ3) is 36.3. The Bertz CT molecular complexity index is 679. The van der Waals surface area contributed by atoms with Crippen molar-refractivity contribution >= 4 is 179 Å². The number of carbonyl (C=O) groups excluding carboxylic acids is 3. The first-order chi connectivity index (χ1) is 20.0. The van der Waals surface area contributed by atoms with Crippen LogP contribution >= 0.6 is 153 Å². The summed E-state index contributed by atoms with van der Waals surface area (Å²) in [6.07, 6.45) is 0. The van der Waals surface area contributed by atoms with E-state index in [-0.39, 0.29) is 27.2 Å². The molecule has 0 aliphatic heterocycles. The van der Waals surface area contributed by atoms with Gasteiger partial charge in [-0.2, -0.15) is 35.3 Å². The van der Waals surface area contributed by atoms with Crippen LogP contribution in [0.15, 0.2) is 0 Å². The van der Waals surface area contributed by atoms with Gasteiger partial charge in [-0.15, -0.1) is 82.3 Å². The van der Waals surface area contributed by atoms with Crippen molar-refractivity contribution in [1.82, 2.24) is 0 Å². The molecule has 0 aromatic carbocycles. The Kier molecular flexibility index (Phi) is 39.7. The highest BCUT2D eigenvalue weighted by molar-refractivity contribution is 8.29. The zero-order valence-corrected chi connectivity index (χ0v) is 33.9. The topological polar surface area (TPSA) is 109 Å². The first-order valence-corrected chi connectivity index (χ1v) is 27.8. The summed E-state index contributed by atoms with van der Waals surface area (Å²) >= 11 is 20.2. The molecular formula is C21H38O6S14. The maximum absolute atomic E-state index is 12.1. The molecule has 2 N–H and O–H groups in total. The molecule has 0 amide bonds. The van der Waals surface area contributed by atoms with E-state index in [1.807, 2.05) is 0 Å². The fraction of sp³-hybridized carbons (Fsp3) is 0.857. The monoisotopic (exact) mass is 834 g/mol. The van der Waals surface area contributed by atoms with Crippen LogP contribution < -0.4 is 0 Å². The lowest BCUT2D eigenvalue weighted by molar-refractivity contribution is -0.109. The summed E-state index contributed by atoms with van der Waals surface area (Å²) in [7, 11) is -0.803. The average Bonchev–Trinajstić information content (AvgIpc) is 2.95. The highest BCUT2D eigenvalue weighted by Crippen LogP contribution is 2.23. The van der Waals surface area contributed by atoms with Crippen LogP contribution in [0.2, 0.25) is 0 Å². The van der Waals surface area contributed by atoms with E-state index in [2.05, 4.69) is 0 Å². The minimum Gasteiger partial charge on any atom is -0.386 e. The predicted molar refractivity (Wildman–Crippen MR) is 214 cm³/mol. The largest absolute Gasteiger partial charge is 0.386 e. The van der Waals surface area contributed by atoms with Gasteiger partial charge in [0.15, 0.2) is 15.3 Å². The minimum absolute atomic E-state index is 0.111. The Morgan fingerprint density at radius 3 is 1.32 bits per heavy atom. The minimum atomic E-state index is -0.803. The van der Waals surface area contributed by atoms with E-state index in [1.165, 1.54) is 58.8 Å². The van der Waals surface area contributed by atoms with Crippen molar-refractivity contribution in [3.8, 4) is 0 Å². The Balaban J connectivity index is 3.39. The van der Waals surface area contributed by atoms with Gasteiger partial charge < -0.3 is 10.2 Å². The van der Waals surface area contributed by atoms with Crippen LogP contribution in [0.4, 0.5) is 0 Å². The SMILES string of the molecule is O=C(CSCSCC(=O)SCSCSCO)SCCSCSCCS(=O)CCSCSCC(=O)SCSCSCO. The number of rotatable bonds is 31. The van der Waals surface area contributed by atoms with E-state index < -0.39 is 10.8 Å². The fourth-order valence-corrected chi connectivity index (χ4v) is 16.7. The normalized spacial score (nSPS) is 12.0. The quantitative estimate of drug-likeness (QED) is 0.0590. The molecule has 0 fully saturated rings. The van der Waals surface area contributed by atoms with Crippen LogP contribution in [0.5, 0.6) is 0 Å². The van der Waals surface area contributed by atoms with Crippen LogP contribution in [0.1, 0.15) is 0 Å². The maximum Gasteiger partial charge on any atom is 0.199 e. The molecule has 41 heavy (non-hydrogen) atoms. The second-order valence-electron chi connectivity index (χ2n) is 6.77. The van der Waals surface area contributed by atoms with Crippen molar-refractivity contribution in [1.29, 1.82) is 0 Å². The van der Waals surface area contributed by atoms with E-state index in [9.17, 15) is 18.6 Å². The Hall–Kier alpha value is 3.63. The molecule has 0 saturated heterocycles. The zero-order valence-electron chi connectivity index (χ0n) is 22.5. The number of aliphatic hydroxyl groups excluding tert-OH is 2. The number of hydrogen-bond donors (Lipinski definition) is 2. The Morgan fingerprint density at radius 1 is 0.439 bits per heavy atom. The smallest absolute Gasteiger partial charge is 0.199 e. The number of thioether (sulfide) groups is 13. The van der Waals surface area contributed by atoms with Crippen molar-refractivity contribution in [2.45, 2.75) is 0 Å². The number of hydrogen-bond acceptors (Lipinski definition) is 19.